The fraction of sp³-hybridized carbons (Fsp3) is 0.348. The van der Waals surface area contributed by atoms with Gasteiger partial charge in [-0.15, -0.1) is 0 Å². The minimum atomic E-state index is -0.00727. The maximum atomic E-state index is 11.9. The zero-order chi connectivity index (χ0) is 21.5. The molecule has 30 heavy (non-hydrogen) atoms. The number of allylic oxidation sites excluding steroid dienone is 2. The molecule has 2 aromatic rings. The number of carbonyl (C=O) groups is 1. The molecule has 1 saturated heterocycles. The number of hydrogen-bond donors (Lipinski definition) is 1. The topological polar surface area (TPSA) is 68.2 Å². The predicted molar refractivity (Wildman–Crippen MR) is 117 cm³/mol. The molecular formula is C23H26ClNO5. The number of carbonyl (C=O) groups excluding carboxylic acids is 1. The summed E-state index contributed by atoms with van der Waals surface area (Å²) in [6.07, 6.45) is 3.02. The monoisotopic (exact) mass is 431 g/mol. The first kappa shape index (κ1) is 22.2. The summed E-state index contributed by atoms with van der Waals surface area (Å²) in [6.45, 7) is 3.30. The number of hydrogen-bond acceptors (Lipinski definition) is 6. The normalized spacial score (nSPS) is 15.1. The summed E-state index contributed by atoms with van der Waals surface area (Å²) in [5.74, 6) is 0.888. The van der Waals surface area contributed by atoms with E-state index in [1.165, 1.54) is 7.11 Å². The molecule has 7 heteroatoms. The molecular weight excluding hydrogens is 406 g/mol. The molecule has 1 aliphatic rings. The third kappa shape index (κ3) is 5.14. The van der Waals surface area contributed by atoms with Crippen LogP contribution in [0.5, 0.6) is 17.2 Å². The fourth-order valence-electron chi connectivity index (χ4n) is 3.48. The van der Waals surface area contributed by atoms with Crippen LogP contribution in [0.2, 0.25) is 5.02 Å². The minimum absolute atomic E-state index is 0.00727. The molecule has 0 aromatic heterocycles. The first-order chi connectivity index (χ1) is 14.6. The molecule has 6 nitrogen and oxygen atoms in total. The quantitative estimate of drug-likeness (QED) is 0.507. The number of nitrogens with zero attached hydrogens (tertiary/aromatic N) is 1. The summed E-state index contributed by atoms with van der Waals surface area (Å²) < 4.78 is 16.4. The molecule has 0 bridgehead atoms. The van der Waals surface area contributed by atoms with Crippen molar-refractivity contribution in [2.75, 3.05) is 40.5 Å². The molecule has 0 aliphatic carbocycles. The van der Waals surface area contributed by atoms with Crippen LogP contribution in [0.4, 0.5) is 0 Å². The highest BCUT2D eigenvalue weighted by Gasteiger charge is 2.24. The molecule has 0 saturated carbocycles. The van der Waals surface area contributed by atoms with Crippen molar-refractivity contribution in [3.63, 3.8) is 0 Å². The van der Waals surface area contributed by atoms with Gasteiger partial charge in [-0.3, -0.25) is 9.69 Å². The lowest BCUT2D eigenvalue weighted by atomic mass is 9.97. The average Bonchev–Trinajstić information content (AvgIpc) is 2.78. The van der Waals surface area contributed by atoms with E-state index in [9.17, 15) is 9.90 Å². The van der Waals surface area contributed by atoms with Crippen LogP contribution in [0.25, 0.3) is 5.57 Å². The molecule has 3 rings (SSSR count). The van der Waals surface area contributed by atoms with Crippen molar-refractivity contribution >= 4 is 23.5 Å². The van der Waals surface area contributed by atoms with Gasteiger partial charge in [-0.25, -0.2) is 0 Å². The molecule has 0 amide bonds. The van der Waals surface area contributed by atoms with Crippen LogP contribution >= 0.6 is 11.6 Å². The first-order valence-electron chi connectivity index (χ1n) is 9.74. The fourth-order valence-corrected chi connectivity index (χ4v) is 3.60. The number of methoxy groups -OCH3 is 2. The smallest absolute Gasteiger partial charge is 0.150 e. The van der Waals surface area contributed by atoms with E-state index < -0.39 is 0 Å². The predicted octanol–water partition coefficient (Wildman–Crippen LogP) is 3.72. The standard InChI is InChI=1S/C23H26ClNO5/c1-28-20-13-21(29-2)22(23(27)19(20)14-25-9-11-30-12-10-25)17(15-26)6-3-16-4-7-18(24)8-5-16/h4-8,13,15,27H,3,9-12,14H2,1-2H3/b17-6-. The van der Waals surface area contributed by atoms with Crippen LogP contribution in [-0.2, 0) is 22.5 Å². The van der Waals surface area contributed by atoms with Crippen LogP contribution in [0.3, 0.4) is 0 Å². The van der Waals surface area contributed by atoms with Crippen LogP contribution < -0.4 is 9.47 Å². The zero-order valence-corrected chi connectivity index (χ0v) is 17.9. The van der Waals surface area contributed by atoms with Gasteiger partial charge in [-0.1, -0.05) is 29.8 Å². The Morgan fingerprint density at radius 3 is 2.43 bits per heavy atom. The Kier molecular flexibility index (Phi) is 7.74. The van der Waals surface area contributed by atoms with Crippen molar-refractivity contribution in [3.05, 3.63) is 58.1 Å². The van der Waals surface area contributed by atoms with Gasteiger partial charge in [0.1, 0.15) is 17.2 Å². The molecule has 0 spiro atoms. The minimum Gasteiger partial charge on any atom is -0.507 e. The number of morpholine rings is 1. The molecule has 1 heterocycles. The van der Waals surface area contributed by atoms with Crippen molar-refractivity contribution < 1.29 is 24.1 Å². The van der Waals surface area contributed by atoms with Gasteiger partial charge >= 0.3 is 0 Å². The van der Waals surface area contributed by atoms with Gasteiger partial charge in [0.15, 0.2) is 6.29 Å². The number of aromatic hydroxyl groups is 1. The molecule has 0 radical (unpaired) electrons. The van der Waals surface area contributed by atoms with E-state index in [1.807, 2.05) is 12.1 Å². The number of halogens is 1. The van der Waals surface area contributed by atoms with E-state index in [1.54, 1.807) is 31.4 Å². The van der Waals surface area contributed by atoms with E-state index in [-0.39, 0.29) is 5.75 Å². The van der Waals surface area contributed by atoms with Crippen molar-refractivity contribution in [1.29, 1.82) is 0 Å². The summed E-state index contributed by atoms with van der Waals surface area (Å²) in [7, 11) is 3.05. The molecule has 160 valence electrons. The highest BCUT2D eigenvalue weighted by Crippen LogP contribution is 2.42. The second-order valence-electron chi connectivity index (χ2n) is 6.98. The van der Waals surface area contributed by atoms with Gasteiger partial charge in [0, 0.05) is 36.3 Å². The highest BCUT2D eigenvalue weighted by molar-refractivity contribution is 6.30. The highest BCUT2D eigenvalue weighted by atomic mass is 35.5. The zero-order valence-electron chi connectivity index (χ0n) is 17.2. The van der Waals surface area contributed by atoms with Crippen molar-refractivity contribution in [1.82, 2.24) is 4.90 Å². The second-order valence-corrected chi connectivity index (χ2v) is 7.42. The Morgan fingerprint density at radius 2 is 1.83 bits per heavy atom. The summed E-state index contributed by atoms with van der Waals surface area (Å²) in [5, 5.41) is 11.8. The number of benzene rings is 2. The van der Waals surface area contributed by atoms with Crippen LogP contribution in [0.1, 0.15) is 16.7 Å². The summed E-state index contributed by atoms with van der Waals surface area (Å²) in [4.78, 5) is 14.1. The van der Waals surface area contributed by atoms with E-state index in [4.69, 9.17) is 25.8 Å². The van der Waals surface area contributed by atoms with E-state index in [0.29, 0.717) is 59.4 Å². The average molecular weight is 432 g/mol. The lowest BCUT2D eigenvalue weighted by Crippen LogP contribution is -2.35. The van der Waals surface area contributed by atoms with Gasteiger partial charge in [0.05, 0.1) is 38.6 Å². The van der Waals surface area contributed by atoms with Crippen molar-refractivity contribution in [2.45, 2.75) is 13.0 Å². The lowest BCUT2D eigenvalue weighted by Gasteiger charge is -2.28. The Labute approximate surface area is 181 Å². The van der Waals surface area contributed by atoms with Crippen LogP contribution in [-0.4, -0.2) is 56.8 Å². The Hall–Kier alpha value is -2.54. The van der Waals surface area contributed by atoms with Gasteiger partial charge in [0.25, 0.3) is 0 Å². The SMILES string of the molecule is COc1cc(OC)c(/C(C=O)=C\Cc2ccc(Cl)cc2)c(O)c1CN1CCOCC1. The first-order valence-corrected chi connectivity index (χ1v) is 10.1. The van der Waals surface area contributed by atoms with Crippen LogP contribution in [0, 0.1) is 0 Å². The largest absolute Gasteiger partial charge is 0.507 e. The third-order valence-electron chi connectivity index (χ3n) is 5.14. The molecule has 1 aliphatic heterocycles. The van der Waals surface area contributed by atoms with Crippen molar-refractivity contribution in [3.8, 4) is 17.2 Å². The van der Waals surface area contributed by atoms with Gasteiger partial charge < -0.3 is 19.3 Å². The Balaban J connectivity index is 1.99. The van der Waals surface area contributed by atoms with Gasteiger partial charge in [-0.2, -0.15) is 0 Å². The summed E-state index contributed by atoms with van der Waals surface area (Å²) >= 11 is 5.94. The maximum Gasteiger partial charge on any atom is 0.150 e. The number of phenols is 1. The van der Waals surface area contributed by atoms with E-state index in [0.717, 1.165) is 24.9 Å². The number of aldehydes is 1. The Bertz CT molecular complexity index is 905. The maximum absolute atomic E-state index is 11.9. The molecule has 1 fully saturated rings. The number of ether oxygens (including phenoxy) is 3. The van der Waals surface area contributed by atoms with Gasteiger partial charge in [0.2, 0.25) is 0 Å². The van der Waals surface area contributed by atoms with Crippen molar-refractivity contribution in [2.24, 2.45) is 0 Å². The number of phenolic OH excluding ortho intramolecular Hbond substituents is 1. The van der Waals surface area contributed by atoms with Gasteiger partial charge in [-0.05, 0) is 24.1 Å². The number of rotatable bonds is 8. The lowest BCUT2D eigenvalue weighted by molar-refractivity contribution is -0.103. The molecule has 0 atom stereocenters. The Morgan fingerprint density at radius 1 is 1.17 bits per heavy atom. The summed E-state index contributed by atoms with van der Waals surface area (Å²) in [6, 6.07) is 9.12. The molecule has 1 N–H and O–H groups in total. The summed E-state index contributed by atoms with van der Waals surface area (Å²) in [5.41, 5.74) is 2.34. The second kappa shape index (κ2) is 10.5. The third-order valence-corrected chi connectivity index (χ3v) is 5.39. The van der Waals surface area contributed by atoms with E-state index >= 15 is 0 Å². The van der Waals surface area contributed by atoms with E-state index in [2.05, 4.69) is 4.90 Å². The molecule has 0 unspecified atom stereocenters. The van der Waals surface area contributed by atoms with Crippen LogP contribution in [0.15, 0.2) is 36.4 Å². The molecule has 2 aromatic carbocycles.